The molecule has 84 valence electrons. The summed E-state index contributed by atoms with van der Waals surface area (Å²) in [5, 5.41) is 9.70. The van der Waals surface area contributed by atoms with Gasteiger partial charge >= 0.3 is 0 Å². The number of hydrogen-bond donors (Lipinski definition) is 0. The molecule has 0 aromatic heterocycles. The van der Waals surface area contributed by atoms with E-state index in [0.29, 0.717) is 16.6 Å². The number of nitrogens with zero attached hydrogens (tertiary/aromatic N) is 2. The number of thioether (sulfide) groups is 1. The summed E-state index contributed by atoms with van der Waals surface area (Å²) >= 11 is 8.00. The van der Waals surface area contributed by atoms with Crippen LogP contribution in [0.5, 0.6) is 0 Å². The molecule has 1 unspecified atom stereocenters. The lowest BCUT2D eigenvalue weighted by molar-refractivity contribution is 0.699. The highest BCUT2D eigenvalue weighted by molar-refractivity contribution is 7.99. The van der Waals surface area contributed by atoms with Crippen molar-refractivity contribution in [2.24, 2.45) is 0 Å². The van der Waals surface area contributed by atoms with Gasteiger partial charge in [0.1, 0.15) is 6.07 Å². The summed E-state index contributed by atoms with van der Waals surface area (Å²) in [5.74, 6) is 2.22. The normalized spacial score (nSPS) is 20.6. The van der Waals surface area contributed by atoms with Crippen molar-refractivity contribution < 1.29 is 0 Å². The Labute approximate surface area is 105 Å². The molecule has 1 aromatic rings. The van der Waals surface area contributed by atoms with Crippen LogP contribution in [0.2, 0.25) is 5.02 Å². The first-order valence-corrected chi connectivity index (χ1v) is 6.80. The molecule has 1 aliphatic heterocycles. The molecular formula is C12H13ClN2S. The monoisotopic (exact) mass is 252 g/mol. The molecule has 0 N–H and O–H groups in total. The number of rotatable bonds is 1. The van der Waals surface area contributed by atoms with Crippen LogP contribution in [0.4, 0.5) is 5.69 Å². The SMILES string of the molecule is CC1CSCCN1c1cccc(Cl)c1C#N. The fraction of sp³-hybridized carbons (Fsp3) is 0.417. The summed E-state index contributed by atoms with van der Waals surface area (Å²) in [5.41, 5.74) is 1.57. The second-order valence-corrected chi connectivity index (χ2v) is 5.42. The maximum atomic E-state index is 9.15. The molecule has 0 bridgehead atoms. The van der Waals surface area contributed by atoms with Crippen molar-refractivity contribution in [3.8, 4) is 6.07 Å². The van der Waals surface area contributed by atoms with Crippen LogP contribution in [-0.4, -0.2) is 24.1 Å². The molecule has 4 heteroatoms. The van der Waals surface area contributed by atoms with E-state index in [9.17, 15) is 0 Å². The Balaban J connectivity index is 2.39. The Bertz CT molecular complexity index is 428. The molecule has 1 fully saturated rings. The predicted octanol–water partition coefficient (Wildman–Crippen LogP) is 3.15. The topological polar surface area (TPSA) is 27.0 Å². The van der Waals surface area contributed by atoms with Crippen molar-refractivity contribution in [1.82, 2.24) is 0 Å². The van der Waals surface area contributed by atoms with Gasteiger partial charge in [0.05, 0.1) is 16.3 Å². The summed E-state index contributed by atoms with van der Waals surface area (Å²) < 4.78 is 0. The number of halogens is 1. The van der Waals surface area contributed by atoms with E-state index in [4.69, 9.17) is 16.9 Å². The van der Waals surface area contributed by atoms with Gasteiger partial charge in [-0.05, 0) is 19.1 Å². The maximum Gasteiger partial charge on any atom is 0.103 e. The van der Waals surface area contributed by atoms with Crippen molar-refractivity contribution >= 4 is 29.1 Å². The standard InChI is InChI=1S/C12H13ClN2S/c1-9-8-16-6-5-15(9)12-4-2-3-11(13)10(12)7-14/h2-4,9H,5-6,8H2,1H3. The van der Waals surface area contributed by atoms with Gasteiger partial charge in [-0.1, -0.05) is 17.7 Å². The van der Waals surface area contributed by atoms with Gasteiger partial charge in [-0.3, -0.25) is 0 Å². The highest BCUT2D eigenvalue weighted by Gasteiger charge is 2.21. The van der Waals surface area contributed by atoms with Crippen LogP contribution in [0.15, 0.2) is 18.2 Å². The Morgan fingerprint density at radius 1 is 1.56 bits per heavy atom. The minimum Gasteiger partial charge on any atom is -0.366 e. The van der Waals surface area contributed by atoms with Crippen molar-refractivity contribution in [2.75, 3.05) is 23.0 Å². The Morgan fingerprint density at radius 3 is 3.06 bits per heavy atom. The van der Waals surface area contributed by atoms with E-state index in [-0.39, 0.29) is 0 Å². The first-order chi connectivity index (χ1) is 7.74. The average molecular weight is 253 g/mol. The third-order valence-electron chi connectivity index (χ3n) is 2.78. The summed E-state index contributed by atoms with van der Waals surface area (Å²) in [4.78, 5) is 2.28. The molecule has 0 spiro atoms. The van der Waals surface area contributed by atoms with Gasteiger partial charge in [-0.15, -0.1) is 0 Å². The number of anilines is 1. The number of benzene rings is 1. The summed E-state index contributed by atoms with van der Waals surface area (Å²) in [7, 11) is 0. The Morgan fingerprint density at radius 2 is 2.38 bits per heavy atom. The second-order valence-electron chi connectivity index (χ2n) is 3.86. The lowest BCUT2D eigenvalue weighted by Gasteiger charge is -2.35. The number of hydrogen-bond acceptors (Lipinski definition) is 3. The molecule has 16 heavy (non-hydrogen) atoms. The van der Waals surface area contributed by atoms with Gasteiger partial charge in [-0.25, -0.2) is 0 Å². The van der Waals surface area contributed by atoms with E-state index < -0.39 is 0 Å². The highest BCUT2D eigenvalue weighted by atomic mass is 35.5. The predicted molar refractivity (Wildman–Crippen MR) is 70.3 cm³/mol. The molecule has 1 atom stereocenters. The summed E-state index contributed by atoms with van der Waals surface area (Å²) in [6.45, 7) is 3.18. The van der Waals surface area contributed by atoms with Crippen LogP contribution >= 0.6 is 23.4 Å². The molecular weight excluding hydrogens is 240 g/mol. The van der Waals surface area contributed by atoms with Crippen molar-refractivity contribution in [3.05, 3.63) is 28.8 Å². The average Bonchev–Trinajstić information content (AvgIpc) is 2.29. The highest BCUT2D eigenvalue weighted by Crippen LogP contribution is 2.30. The zero-order valence-corrected chi connectivity index (χ0v) is 10.7. The van der Waals surface area contributed by atoms with Gasteiger partial charge < -0.3 is 4.90 Å². The summed E-state index contributed by atoms with van der Waals surface area (Å²) in [6.07, 6.45) is 0. The maximum absolute atomic E-state index is 9.15. The first kappa shape index (κ1) is 11.6. The van der Waals surface area contributed by atoms with E-state index in [1.807, 2.05) is 23.9 Å². The molecule has 2 rings (SSSR count). The van der Waals surface area contributed by atoms with Crippen LogP contribution in [-0.2, 0) is 0 Å². The second kappa shape index (κ2) is 4.99. The molecule has 0 amide bonds. The quantitative estimate of drug-likeness (QED) is 0.768. The van der Waals surface area contributed by atoms with Crippen LogP contribution < -0.4 is 4.90 Å². The van der Waals surface area contributed by atoms with E-state index in [0.717, 1.165) is 23.7 Å². The van der Waals surface area contributed by atoms with Crippen molar-refractivity contribution in [2.45, 2.75) is 13.0 Å². The molecule has 1 saturated heterocycles. The van der Waals surface area contributed by atoms with Gasteiger partial charge in [0.25, 0.3) is 0 Å². The van der Waals surface area contributed by atoms with E-state index in [2.05, 4.69) is 17.9 Å². The molecule has 0 aliphatic carbocycles. The van der Waals surface area contributed by atoms with Gasteiger partial charge in [-0.2, -0.15) is 17.0 Å². The molecule has 0 saturated carbocycles. The van der Waals surface area contributed by atoms with Gasteiger partial charge in [0.15, 0.2) is 0 Å². The first-order valence-electron chi connectivity index (χ1n) is 5.27. The minimum atomic E-state index is 0.462. The zero-order valence-electron chi connectivity index (χ0n) is 9.11. The van der Waals surface area contributed by atoms with E-state index in [1.54, 1.807) is 6.07 Å². The van der Waals surface area contributed by atoms with Crippen LogP contribution in [0, 0.1) is 11.3 Å². The smallest absolute Gasteiger partial charge is 0.103 e. The zero-order chi connectivity index (χ0) is 11.5. The molecule has 2 nitrogen and oxygen atoms in total. The largest absolute Gasteiger partial charge is 0.366 e. The minimum absolute atomic E-state index is 0.462. The van der Waals surface area contributed by atoms with E-state index in [1.165, 1.54) is 0 Å². The summed E-state index contributed by atoms with van der Waals surface area (Å²) in [6, 6.07) is 8.33. The fourth-order valence-electron chi connectivity index (χ4n) is 1.95. The van der Waals surface area contributed by atoms with Gasteiger partial charge in [0.2, 0.25) is 0 Å². The molecule has 0 radical (unpaired) electrons. The van der Waals surface area contributed by atoms with E-state index >= 15 is 0 Å². The molecule has 1 heterocycles. The lowest BCUT2D eigenvalue weighted by atomic mass is 10.1. The molecule has 1 aromatic carbocycles. The molecule has 1 aliphatic rings. The fourth-order valence-corrected chi connectivity index (χ4v) is 3.17. The van der Waals surface area contributed by atoms with Gasteiger partial charge in [0, 0.05) is 24.1 Å². The number of nitriles is 1. The van der Waals surface area contributed by atoms with Crippen LogP contribution in [0.3, 0.4) is 0 Å². The van der Waals surface area contributed by atoms with Crippen LogP contribution in [0.1, 0.15) is 12.5 Å². The third kappa shape index (κ3) is 2.14. The Hall–Kier alpha value is -0.850. The lowest BCUT2D eigenvalue weighted by Crippen LogP contribution is -2.40. The third-order valence-corrected chi connectivity index (χ3v) is 4.28. The van der Waals surface area contributed by atoms with Crippen LogP contribution in [0.25, 0.3) is 0 Å². The van der Waals surface area contributed by atoms with Crippen molar-refractivity contribution in [3.63, 3.8) is 0 Å². The van der Waals surface area contributed by atoms with Crippen molar-refractivity contribution in [1.29, 1.82) is 5.26 Å². The Kier molecular flexibility index (Phi) is 3.63.